The first-order chi connectivity index (χ1) is 11.3. The Morgan fingerprint density at radius 1 is 1.13 bits per heavy atom. The lowest BCUT2D eigenvalue weighted by atomic mass is 9.97. The quantitative estimate of drug-likeness (QED) is 0.919. The van der Waals surface area contributed by atoms with E-state index in [1.54, 1.807) is 0 Å². The third-order valence-corrected chi connectivity index (χ3v) is 4.86. The number of rotatable bonds is 5. The van der Waals surface area contributed by atoms with Gasteiger partial charge in [-0.3, -0.25) is 0 Å². The van der Waals surface area contributed by atoms with Crippen molar-refractivity contribution in [1.82, 2.24) is 9.97 Å². The topological polar surface area (TPSA) is 58.3 Å². The summed E-state index contributed by atoms with van der Waals surface area (Å²) in [4.78, 5) is 14.4. The fraction of sp³-hybridized carbons (Fsp3) is 0.556. The molecule has 1 aromatic carbocycles. The summed E-state index contributed by atoms with van der Waals surface area (Å²) in [6.07, 6.45) is 2.26. The molecule has 23 heavy (non-hydrogen) atoms. The standard InChI is InChI=1S/C18H27N5/c1-3-22(4-2)17-15-7-5-6-8-16(15)20-18(21-17)23-11-9-14(13-19)10-12-23/h5-8,14H,3-4,9-13,19H2,1-2H3. The smallest absolute Gasteiger partial charge is 0.227 e. The molecule has 5 heteroatoms. The van der Waals surface area contributed by atoms with Gasteiger partial charge < -0.3 is 15.5 Å². The molecule has 1 aliphatic rings. The zero-order valence-electron chi connectivity index (χ0n) is 14.2. The van der Waals surface area contributed by atoms with Crippen molar-refractivity contribution in [2.75, 3.05) is 42.5 Å². The summed E-state index contributed by atoms with van der Waals surface area (Å²) >= 11 is 0. The van der Waals surface area contributed by atoms with Crippen molar-refractivity contribution in [3.05, 3.63) is 24.3 Å². The van der Waals surface area contributed by atoms with E-state index < -0.39 is 0 Å². The van der Waals surface area contributed by atoms with Gasteiger partial charge in [-0.05, 0) is 51.3 Å². The van der Waals surface area contributed by atoms with Crippen LogP contribution < -0.4 is 15.5 Å². The van der Waals surface area contributed by atoms with E-state index in [0.29, 0.717) is 5.92 Å². The zero-order chi connectivity index (χ0) is 16.2. The van der Waals surface area contributed by atoms with Gasteiger partial charge in [0.05, 0.1) is 5.52 Å². The molecular formula is C18H27N5. The molecule has 1 fully saturated rings. The van der Waals surface area contributed by atoms with Gasteiger partial charge >= 0.3 is 0 Å². The molecule has 2 aromatic rings. The Kier molecular flexibility index (Phi) is 4.96. The van der Waals surface area contributed by atoms with Gasteiger partial charge in [0.15, 0.2) is 0 Å². The van der Waals surface area contributed by atoms with Crippen molar-refractivity contribution >= 4 is 22.7 Å². The van der Waals surface area contributed by atoms with Crippen LogP contribution in [0.3, 0.4) is 0 Å². The van der Waals surface area contributed by atoms with Gasteiger partial charge in [-0.25, -0.2) is 4.98 Å². The second-order valence-corrected chi connectivity index (χ2v) is 6.20. The molecule has 1 saturated heterocycles. The van der Waals surface area contributed by atoms with Gasteiger partial charge in [0.25, 0.3) is 0 Å². The number of hydrogen-bond donors (Lipinski definition) is 1. The highest BCUT2D eigenvalue weighted by atomic mass is 15.3. The SMILES string of the molecule is CCN(CC)c1nc(N2CCC(CN)CC2)nc2ccccc12. The van der Waals surface area contributed by atoms with Crippen molar-refractivity contribution < 1.29 is 0 Å². The van der Waals surface area contributed by atoms with Crippen molar-refractivity contribution in [1.29, 1.82) is 0 Å². The first kappa shape index (κ1) is 16.0. The van der Waals surface area contributed by atoms with Crippen LogP contribution in [0.2, 0.25) is 0 Å². The maximum Gasteiger partial charge on any atom is 0.227 e. The molecule has 0 atom stereocenters. The van der Waals surface area contributed by atoms with Crippen LogP contribution in [-0.4, -0.2) is 42.7 Å². The molecule has 2 heterocycles. The lowest BCUT2D eigenvalue weighted by Crippen LogP contribution is -2.37. The second kappa shape index (κ2) is 7.13. The zero-order valence-corrected chi connectivity index (χ0v) is 14.2. The highest BCUT2D eigenvalue weighted by Gasteiger charge is 2.22. The van der Waals surface area contributed by atoms with Crippen LogP contribution in [0, 0.1) is 5.92 Å². The first-order valence-electron chi connectivity index (χ1n) is 8.73. The summed E-state index contributed by atoms with van der Waals surface area (Å²) in [6.45, 7) is 9.03. The molecule has 0 bridgehead atoms. The maximum absolute atomic E-state index is 5.81. The van der Waals surface area contributed by atoms with Crippen LogP contribution in [0.5, 0.6) is 0 Å². The first-order valence-corrected chi connectivity index (χ1v) is 8.73. The van der Waals surface area contributed by atoms with Gasteiger partial charge in [0, 0.05) is 31.6 Å². The molecule has 1 aromatic heterocycles. The minimum Gasteiger partial charge on any atom is -0.356 e. The van der Waals surface area contributed by atoms with Crippen molar-refractivity contribution in [3.63, 3.8) is 0 Å². The van der Waals surface area contributed by atoms with Gasteiger partial charge in [0.2, 0.25) is 5.95 Å². The largest absolute Gasteiger partial charge is 0.356 e. The molecule has 0 saturated carbocycles. The number of nitrogens with zero attached hydrogens (tertiary/aromatic N) is 4. The number of piperidine rings is 1. The number of nitrogens with two attached hydrogens (primary N) is 1. The van der Waals surface area contributed by atoms with E-state index in [1.165, 1.54) is 0 Å². The molecule has 0 amide bonds. The van der Waals surface area contributed by atoms with Crippen molar-refractivity contribution in [2.24, 2.45) is 11.7 Å². The minimum absolute atomic E-state index is 0.647. The Labute approximate surface area is 138 Å². The van der Waals surface area contributed by atoms with Crippen molar-refractivity contribution in [2.45, 2.75) is 26.7 Å². The Bertz CT molecular complexity index is 645. The van der Waals surface area contributed by atoms with Gasteiger partial charge in [-0.15, -0.1) is 0 Å². The number of benzene rings is 1. The van der Waals surface area contributed by atoms with E-state index in [1.807, 2.05) is 6.07 Å². The molecule has 0 radical (unpaired) electrons. The molecule has 0 spiro atoms. The van der Waals surface area contributed by atoms with E-state index >= 15 is 0 Å². The molecule has 3 rings (SSSR count). The minimum atomic E-state index is 0.647. The molecule has 1 aliphatic heterocycles. The molecule has 2 N–H and O–H groups in total. The monoisotopic (exact) mass is 313 g/mol. The maximum atomic E-state index is 5.81. The Balaban J connectivity index is 1.98. The highest BCUT2D eigenvalue weighted by molar-refractivity contribution is 5.90. The normalized spacial score (nSPS) is 16.0. The number of aromatic nitrogens is 2. The van der Waals surface area contributed by atoms with E-state index in [-0.39, 0.29) is 0 Å². The molecule has 5 nitrogen and oxygen atoms in total. The van der Waals surface area contributed by atoms with Gasteiger partial charge in [0.1, 0.15) is 5.82 Å². The Hall–Kier alpha value is -1.88. The number of hydrogen-bond acceptors (Lipinski definition) is 5. The summed E-state index contributed by atoms with van der Waals surface area (Å²) in [7, 11) is 0. The summed E-state index contributed by atoms with van der Waals surface area (Å²) in [6, 6.07) is 8.31. The summed E-state index contributed by atoms with van der Waals surface area (Å²) < 4.78 is 0. The third-order valence-electron chi connectivity index (χ3n) is 4.86. The Morgan fingerprint density at radius 3 is 2.48 bits per heavy atom. The summed E-state index contributed by atoms with van der Waals surface area (Å²) in [5, 5.41) is 1.14. The highest BCUT2D eigenvalue weighted by Crippen LogP contribution is 2.28. The van der Waals surface area contributed by atoms with Gasteiger partial charge in [-0.1, -0.05) is 12.1 Å². The third kappa shape index (κ3) is 3.24. The molecular weight excluding hydrogens is 286 g/mol. The molecule has 124 valence electrons. The second-order valence-electron chi connectivity index (χ2n) is 6.20. The lowest BCUT2D eigenvalue weighted by Gasteiger charge is -2.32. The average Bonchev–Trinajstić information content (AvgIpc) is 2.62. The van der Waals surface area contributed by atoms with Crippen LogP contribution in [0.25, 0.3) is 10.9 Å². The van der Waals surface area contributed by atoms with E-state index in [2.05, 4.69) is 41.8 Å². The van der Waals surface area contributed by atoms with Crippen LogP contribution in [0.15, 0.2) is 24.3 Å². The van der Waals surface area contributed by atoms with Crippen LogP contribution in [0.1, 0.15) is 26.7 Å². The summed E-state index contributed by atoms with van der Waals surface area (Å²) in [5.74, 6) is 2.56. The number of para-hydroxylation sites is 1. The van der Waals surface area contributed by atoms with E-state index in [9.17, 15) is 0 Å². The fourth-order valence-corrected chi connectivity index (χ4v) is 3.32. The average molecular weight is 313 g/mol. The van der Waals surface area contributed by atoms with Crippen molar-refractivity contribution in [3.8, 4) is 0 Å². The number of fused-ring (bicyclic) bond motifs is 1. The summed E-state index contributed by atoms with van der Waals surface area (Å²) in [5.41, 5.74) is 6.83. The lowest BCUT2D eigenvalue weighted by molar-refractivity contribution is 0.411. The predicted octanol–water partition coefficient (Wildman–Crippen LogP) is 2.65. The van der Waals surface area contributed by atoms with Crippen LogP contribution in [-0.2, 0) is 0 Å². The fourth-order valence-electron chi connectivity index (χ4n) is 3.32. The van der Waals surface area contributed by atoms with Crippen LogP contribution >= 0.6 is 0 Å². The molecule has 0 aliphatic carbocycles. The predicted molar refractivity (Wildman–Crippen MR) is 97.1 cm³/mol. The van der Waals surface area contributed by atoms with Crippen LogP contribution in [0.4, 0.5) is 11.8 Å². The van der Waals surface area contributed by atoms with E-state index in [0.717, 1.165) is 68.2 Å². The Morgan fingerprint density at radius 2 is 1.83 bits per heavy atom. The molecule has 0 unspecified atom stereocenters. The van der Waals surface area contributed by atoms with E-state index in [4.69, 9.17) is 15.7 Å². The number of anilines is 2. The van der Waals surface area contributed by atoms with Gasteiger partial charge in [-0.2, -0.15) is 4.98 Å².